The lowest BCUT2D eigenvalue weighted by Crippen LogP contribution is -2.31. The number of fused-ring (bicyclic) bond motifs is 1. The number of aromatic nitrogens is 1. The Morgan fingerprint density at radius 1 is 1.16 bits per heavy atom. The molecule has 2 N–H and O–H groups in total. The van der Waals surface area contributed by atoms with E-state index in [0.717, 1.165) is 12.0 Å². The van der Waals surface area contributed by atoms with Gasteiger partial charge in [0, 0.05) is 30.2 Å². The number of pyridine rings is 1. The number of amides is 1. The molecule has 0 aliphatic rings. The molecule has 0 unspecified atom stereocenters. The van der Waals surface area contributed by atoms with Gasteiger partial charge in [-0.05, 0) is 62.1 Å². The predicted molar refractivity (Wildman–Crippen MR) is 128 cm³/mol. The molecule has 0 saturated heterocycles. The number of benzene rings is 2. The summed E-state index contributed by atoms with van der Waals surface area (Å²) in [6, 6.07) is 11.6. The molecule has 2 aromatic carbocycles. The maximum absolute atomic E-state index is 13.4. The van der Waals surface area contributed by atoms with Gasteiger partial charge in [0.25, 0.3) is 15.9 Å². The largest absolute Gasteiger partial charge is 0.360 e. The molecule has 0 aliphatic heterocycles. The van der Waals surface area contributed by atoms with Crippen LogP contribution in [0.25, 0.3) is 10.9 Å². The van der Waals surface area contributed by atoms with Crippen LogP contribution in [0.4, 0.5) is 5.69 Å². The molecule has 7 nitrogen and oxygen atoms in total. The van der Waals surface area contributed by atoms with E-state index in [9.17, 15) is 18.0 Å². The Hall–Kier alpha value is -3.13. The van der Waals surface area contributed by atoms with E-state index < -0.39 is 21.4 Å². The highest BCUT2D eigenvalue weighted by molar-refractivity contribution is 7.92. The molecule has 1 aromatic heterocycles. The summed E-state index contributed by atoms with van der Waals surface area (Å²) in [6.07, 6.45) is 2.17. The fraction of sp³-hybridized carbons (Fsp3) is 0.333. The third-order valence-corrected chi connectivity index (χ3v) is 7.17. The molecule has 0 spiro atoms. The molecule has 0 bridgehead atoms. The van der Waals surface area contributed by atoms with Crippen LogP contribution < -0.4 is 15.1 Å². The summed E-state index contributed by atoms with van der Waals surface area (Å²) in [7, 11) is -3.91. The minimum Gasteiger partial charge on any atom is -0.360 e. The number of anilines is 1. The van der Waals surface area contributed by atoms with Gasteiger partial charge in [0.05, 0.1) is 10.6 Å². The number of hydrogen-bond donors (Lipinski definition) is 2. The third kappa shape index (κ3) is 4.85. The summed E-state index contributed by atoms with van der Waals surface area (Å²) in [4.78, 5) is 28.4. The minimum absolute atomic E-state index is 0.00350. The topological polar surface area (TPSA) is 99.3 Å². The smallest absolute Gasteiger partial charge is 0.264 e. The zero-order chi connectivity index (χ0) is 23.5. The maximum atomic E-state index is 13.4. The summed E-state index contributed by atoms with van der Waals surface area (Å²) in [5.41, 5.74) is 1.42. The van der Waals surface area contributed by atoms with Crippen molar-refractivity contribution in [3.8, 4) is 0 Å². The highest BCUT2D eigenvalue weighted by atomic mass is 32.2. The van der Waals surface area contributed by atoms with E-state index in [1.807, 2.05) is 26.8 Å². The van der Waals surface area contributed by atoms with Crippen LogP contribution in [-0.2, 0) is 10.0 Å². The second-order valence-corrected chi connectivity index (χ2v) is 10.0. The van der Waals surface area contributed by atoms with Crippen LogP contribution >= 0.6 is 0 Å². The SMILES string of the molecule is CCN(c1cccc(C)c1)S(=O)(=O)c1ccc2[nH]cc(C(=O)NCCC(C)C)c(=O)c2c1. The van der Waals surface area contributed by atoms with E-state index in [1.165, 1.54) is 22.6 Å². The van der Waals surface area contributed by atoms with Crippen molar-refractivity contribution in [2.24, 2.45) is 5.92 Å². The number of nitrogens with zero attached hydrogens (tertiary/aromatic N) is 1. The predicted octanol–water partition coefficient (Wildman–Crippen LogP) is 3.83. The standard InChI is InChI=1S/C24H29N3O4S/c1-5-27(18-8-6-7-17(4)13-18)32(30,31)19-9-10-22-20(14-19)23(28)21(15-26-22)24(29)25-12-11-16(2)3/h6-10,13-16H,5,11-12H2,1-4H3,(H,25,29)(H,26,28). The van der Waals surface area contributed by atoms with Crippen molar-refractivity contribution in [3.05, 3.63) is 70.0 Å². The number of carbonyl (C=O) groups is 1. The van der Waals surface area contributed by atoms with E-state index in [0.29, 0.717) is 23.7 Å². The third-order valence-electron chi connectivity index (χ3n) is 5.27. The molecule has 32 heavy (non-hydrogen) atoms. The molecular weight excluding hydrogens is 426 g/mol. The van der Waals surface area contributed by atoms with Gasteiger partial charge in [-0.15, -0.1) is 0 Å². The summed E-state index contributed by atoms with van der Waals surface area (Å²) >= 11 is 0. The summed E-state index contributed by atoms with van der Waals surface area (Å²) in [5.74, 6) is -0.0510. The van der Waals surface area contributed by atoms with Gasteiger partial charge in [-0.3, -0.25) is 13.9 Å². The van der Waals surface area contributed by atoms with Gasteiger partial charge in [0.2, 0.25) is 5.43 Å². The Morgan fingerprint density at radius 3 is 2.56 bits per heavy atom. The lowest BCUT2D eigenvalue weighted by Gasteiger charge is -2.23. The van der Waals surface area contributed by atoms with E-state index in [4.69, 9.17) is 0 Å². The average molecular weight is 456 g/mol. The molecule has 0 fully saturated rings. The first-order valence-corrected chi connectivity index (χ1v) is 12.1. The summed E-state index contributed by atoms with van der Waals surface area (Å²) < 4.78 is 28.1. The van der Waals surface area contributed by atoms with Crippen LogP contribution in [0.3, 0.4) is 0 Å². The van der Waals surface area contributed by atoms with E-state index >= 15 is 0 Å². The molecule has 0 atom stereocenters. The number of aryl methyl sites for hydroxylation is 1. The van der Waals surface area contributed by atoms with Crippen LogP contribution in [0.2, 0.25) is 0 Å². The van der Waals surface area contributed by atoms with Crippen molar-refractivity contribution < 1.29 is 13.2 Å². The molecule has 8 heteroatoms. The van der Waals surface area contributed by atoms with Crippen molar-refractivity contribution in [2.75, 3.05) is 17.4 Å². The monoisotopic (exact) mass is 455 g/mol. The van der Waals surface area contributed by atoms with Crippen molar-refractivity contribution >= 4 is 32.5 Å². The van der Waals surface area contributed by atoms with Gasteiger partial charge in [-0.25, -0.2) is 8.42 Å². The van der Waals surface area contributed by atoms with Crippen molar-refractivity contribution in [3.63, 3.8) is 0 Å². The highest BCUT2D eigenvalue weighted by Crippen LogP contribution is 2.25. The van der Waals surface area contributed by atoms with E-state index in [2.05, 4.69) is 10.3 Å². The molecule has 170 valence electrons. The number of rotatable bonds is 8. The first kappa shape index (κ1) is 23.5. The number of H-pyrrole nitrogens is 1. The Bertz CT molecular complexity index is 1300. The Kier molecular flexibility index (Phi) is 7.03. The molecule has 3 rings (SSSR count). The van der Waals surface area contributed by atoms with Gasteiger partial charge in [0.1, 0.15) is 5.56 Å². The number of hydrogen-bond acceptors (Lipinski definition) is 4. The average Bonchev–Trinajstić information content (AvgIpc) is 2.74. The molecule has 0 aliphatic carbocycles. The van der Waals surface area contributed by atoms with Crippen molar-refractivity contribution in [1.82, 2.24) is 10.3 Å². The Morgan fingerprint density at radius 2 is 1.91 bits per heavy atom. The van der Waals surface area contributed by atoms with E-state index in [1.54, 1.807) is 31.2 Å². The quantitative estimate of drug-likeness (QED) is 0.539. The van der Waals surface area contributed by atoms with E-state index in [-0.39, 0.29) is 22.4 Å². The van der Waals surface area contributed by atoms with Gasteiger partial charge < -0.3 is 10.3 Å². The van der Waals surface area contributed by atoms with Crippen molar-refractivity contribution in [2.45, 2.75) is 39.0 Å². The van der Waals surface area contributed by atoms with Crippen LogP contribution in [-0.4, -0.2) is 32.4 Å². The van der Waals surface area contributed by atoms with Crippen LogP contribution in [0.15, 0.2) is 58.4 Å². The molecular formula is C24H29N3O4S. The van der Waals surface area contributed by atoms with Crippen LogP contribution in [0.1, 0.15) is 43.1 Å². The number of carbonyl (C=O) groups excluding carboxylic acids is 1. The van der Waals surface area contributed by atoms with Crippen molar-refractivity contribution in [1.29, 1.82) is 0 Å². The summed E-state index contributed by atoms with van der Waals surface area (Å²) in [6.45, 7) is 8.45. The highest BCUT2D eigenvalue weighted by Gasteiger charge is 2.25. The maximum Gasteiger partial charge on any atom is 0.264 e. The number of sulfonamides is 1. The van der Waals surface area contributed by atoms with Crippen LogP contribution in [0.5, 0.6) is 0 Å². The lowest BCUT2D eigenvalue weighted by atomic mass is 10.1. The Labute approximate surface area is 188 Å². The number of nitrogens with one attached hydrogen (secondary N) is 2. The number of aromatic amines is 1. The molecule has 0 saturated carbocycles. The first-order chi connectivity index (χ1) is 15.1. The fourth-order valence-corrected chi connectivity index (χ4v) is 4.99. The second kappa shape index (κ2) is 9.56. The Balaban J connectivity index is 2.01. The molecule has 1 heterocycles. The molecule has 1 amide bonds. The second-order valence-electron chi connectivity index (χ2n) is 8.19. The zero-order valence-corrected chi connectivity index (χ0v) is 19.6. The van der Waals surface area contributed by atoms with Gasteiger partial charge in [-0.2, -0.15) is 0 Å². The zero-order valence-electron chi connectivity index (χ0n) is 18.8. The fourth-order valence-electron chi connectivity index (χ4n) is 3.50. The minimum atomic E-state index is -3.91. The molecule has 3 aromatic rings. The summed E-state index contributed by atoms with van der Waals surface area (Å²) in [5, 5.41) is 2.90. The van der Waals surface area contributed by atoms with Gasteiger partial charge >= 0.3 is 0 Å². The van der Waals surface area contributed by atoms with Crippen LogP contribution in [0, 0.1) is 12.8 Å². The molecule has 0 radical (unpaired) electrons. The first-order valence-electron chi connectivity index (χ1n) is 10.7. The normalized spacial score (nSPS) is 11.7. The van der Waals surface area contributed by atoms with Gasteiger partial charge in [-0.1, -0.05) is 26.0 Å². The lowest BCUT2D eigenvalue weighted by molar-refractivity contribution is 0.0951. The van der Waals surface area contributed by atoms with Gasteiger partial charge in [0.15, 0.2) is 0 Å².